The highest BCUT2D eigenvalue weighted by Gasteiger charge is 2.20. The summed E-state index contributed by atoms with van der Waals surface area (Å²) in [6.45, 7) is 1.49. The highest BCUT2D eigenvalue weighted by Crippen LogP contribution is 2.36. The van der Waals surface area contributed by atoms with E-state index in [0.29, 0.717) is 17.8 Å². The molecule has 0 aliphatic carbocycles. The van der Waals surface area contributed by atoms with Crippen molar-refractivity contribution in [2.24, 2.45) is 7.05 Å². The van der Waals surface area contributed by atoms with Crippen LogP contribution < -0.4 is 10.3 Å². The summed E-state index contributed by atoms with van der Waals surface area (Å²) >= 11 is 0. The highest BCUT2D eigenvalue weighted by molar-refractivity contribution is 7.91. The first kappa shape index (κ1) is 21.6. The predicted octanol–water partition coefficient (Wildman–Crippen LogP) is 3.70. The lowest BCUT2D eigenvalue weighted by molar-refractivity contribution is 0.424. The molecule has 0 radical (unpaired) electrons. The molecule has 4 aromatic rings. The van der Waals surface area contributed by atoms with Crippen LogP contribution in [0.1, 0.15) is 6.92 Å². The third-order valence-corrected chi connectivity index (χ3v) is 6.64. The van der Waals surface area contributed by atoms with E-state index in [0.717, 1.165) is 0 Å². The maximum atomic E-state index is 13.7. The Morgan fingerprint density at radius 1 is 1.09 bits per heavy atom. The fourth-order valence-corrected chi connectivity index (χ4v) is 4.11. The van der Waals surface area contributed by atoms with Gasteiger partial charge in [-0.2, -0.15) is 0 Å². The summed E-state index contributed by atoms with van der Waals surface area (Å²) in [5.74, 6) is -4.98. The smallest absolute Gasteiger partial charge is 0.276 e. The van der Waals surface area contributed by atoms with E-state index in [1.807, 2.05) is 0 Å². The van der Waals surface area contributed by atoms with E-state index in [2.05, 4.69) is 4.98 Å². The second-order valence-corrected chi connectivity index (χ2v) is 9.22. The SMILES string of the molecule is CCS(=O)(=O)c1ccc(Oc2cc(F)c(F)c(F)c2)c(-c2cn(C)c(=O)c3cncn23)c1. The first-order chi connectivity index (χ1) is 15.1. The second kappa shape index (κ2) is 7.83. The summed E-state index contributed by atoms with van der Waals surface area (Å²) < 4.78 is 73.9. The molecule has 166 valence electrons. The average molecular weight is 463 g/mol. The Bertz CT molecular complexity index is 1500. The Labute approximate surface area is 180 Å². The Balaban J connectivity index is 1.98. The molecule has 11 heteroatoms. The molecule has 2 heterocycles. The predicted molar refractivity (Wildman–Crippen MR) is 110 cm³/mol. The fraction of sp³-hybridized carbons (Fsp3) is 0.143. The quantitative estimate of drug-likeness (QED) is 0.422. The van der Waals surface area contributed by atoms with E-state index in [4.69, 9.17) is 4.74 Å². The van der Waals surface area contributed by atoms with Crippen molar-refractivity contribution in [3.63, 3.8) is 0 Å². The van der Waals surface area contributed by atoms with Crippen molar-refractivity contribution in [2.75, 3.05) is 5.75 Å². The van der Waals surface area contributed by atoms with Crippen molar-refractivity contribution in [3.8, 4) is 22.8 Å². The van der Waals surface area contributed by atoms with Crippen LogP contribution in [0.2, 0.25) is 0 Å². The van der Waals surface area contributed by atoms with Crippen molar-refractivity contribution in [1.29, 1.82) is 0 Å². The molecule has 0 aliphatic rings. The van der Waals surface area contributed by atoms with Crippen LogP contribution in [0.4, 0.5) is 13.2 Å². The summed E-state index contributed by atoms with van der Waals surface area (Å²) in [6.07, 6.45) is 4.17. The van der Waals surface area contributed by atoms with E-state index in [1.54, 1.807) is 0 Å². The van der Waals surface area contributed by atoms with E-state index in [-0.39, 0.29) is 38.8 Å². The van der Waals surface area contributed by atoms with Crippen LogP contribution in [0.5, 0.6) is 11.5 Å². The van der Waals surface area contributed by atoms with Crippen molar-refractivity contribution in [1.82, 2.24) is 14.0 Å². The van der Waals surface area contributed by atoms with E-state index in [1.165, 1.54) is 59.9 Å². The van der Waals surface area contributed by atoms with Gasteiger partial charge in [0.1, 0.15) is 17.0 Å². The summed E-state index contributed by atoms with van der Waals surface area (Å²) in [6, 6.07) is 5.30. The van der Waals surface area contributed by atoms with E-state index >= 15 is 0 Å². The van der Waals surface area contributed by atoms with E-state index < -0.39 is 27.3 Å². The molecule has 0 saturated heterocycles. The van der Waals surface area contributed by atoms with Gasteiger partial charge in [-0.1, -0.05) is 6.92 Å². The Morgan fingerprint density at radius 2 is 1.78 bits per heavy atom. The number of nitrogens with zero attached hydrogens (tertiary/aromatic N) is 3. The zero-order chi connectivity index (χ0) is 23.2. The first-order valence-electron chi connectivity index (χ1n) is 9.33. The van der Waals surface area contributed by atoms with Gasteiger partial charge in [-0.3, -0.25) is 9.20 Å². The number of rotatable bonds is 5. The molecule has 0 spiro atoms. The van der Waals surface area contributed by atoms with Crippen LogP contribution in [0, 0.1) is 17.5 Å². The molecule has 0 saturated carbocycles. The lowest BCUT2D eigenvalue weighted by Gasteiger charge is -2.15. The fourth-order valence-electron chi connectivity index (χ4n) is 3.21. The lowest BCUT2D eigenvalue weighted by atomic mass is 10.1. The van der Waals surface area contributed by atoms with E-state index in [9.17, 15) is 26.4 Å². The molecule has 4 rings (SSSR count). The molecule has 0 fully saturated rings. The number of sulfone groups is 1. The number of fused-ring (bicyclic) bond motifs is 1. The molecule has 0 N–H and O–H groups in total. The van der Waals surface area contributed by atoms with Gasteiger partial charge in [0, 0.05) is 30.9 Å². The molecule has 0 unspecified atom stereocenters. The molecule has 0 aliphatic heterocycles. The topological polar surface area (TPSA) is 82.7 Å². The van der Waals surface area contributed by atoms with Crippen molar-refractivity contribution < 1.29 is 26.3 Å². The minimum absolute atomic E-state index is 0.0130. The summed E-state index contributed by atoms with van der Waals surface area (Å²) in [5, 5.41) is 0. The van der Waals surface area contributed by atoms with Gasteiger partial charge in [-0.25, -0.2) is 26.6 Å². The summed E-state index contributed by atoms with van der Waals surface area (Å²) in [7, 11) is -2.10. The van der Waals surface area contributed by atoms with Gasteiger partial charge in [0.2, 0.25) is 0 Å². The molecule has 7 nitrogen and oxygen atoms in total. The van der Waals surface area contributed by atoms with Crippen molar-refractivity contribution in [3.05, 3.63) is 76.9 Å². The number of hydrogen-bond donors (Lipinski definition) is 0. The average Bonchev–Trinajstić information content (AvgIpc) is 3.25. The normalized spacial score (nSPS) is 11.8. The number of imidazole rings is 1. The number of aromatic nitrogens is 3. The first-order valence-corrected chi connectivity index (χ1v) is 11.0. The number of benzene rings is 2. The largest absolute Gasteiger partial charge is 0.456 e. The number of halogens is 3. The standard InChI is InChI=1S/C21H16F3N3O4S/c1-3-32(29,30)13-4-5-19(31-12-6-15(22)20(24)16(23)7-12)14(8-13)18-10-26(2)21(28)17-9-25-11-27(17)18/h4-11H,3H2,1-2H3. The molecule has 2 aromatic carbocycles. The van der Waals surface area contributed by atoms with Gasteiger partial charge < -0.3 is 9.30 Å². The van der Waals surface area contributed by atoms with Crippen LogP contribution in [0.3, 0.4) is 0 Å². The lowest BCUT2D eigenvalue weighted by Crippen LogP contribution is -2.19. The Kier molecular flexibility index (Phi) is 5.29. The van der Waals surface area contributed by atoms with Crippen LogP contribution in [-0.2, 0) is 16.9 Å². The number of ether oxygens (including phenoxy) is 1. The van der Waals surface area contributed by atoms with Gasteiger partial charge in [0.25, 0.3) is 5.56 Å². The molecular formula is C21H16F3N3O4S. The van der Waals surface area contributed by atoms with Crippen LogP contribution in [-0.4, -0.2) is 28.1 Å². The molecule has 0 amide bonds. The maximum Gasteiger partial charge on any atom is 0.276 e. The summed E-state index contributed by atoms with van der Waals surface area (Å²) in [5.41, 5.74) is 0.432. The Hall–Kier alpha value is -3.60. The third kappa shape index (κ3) is 3.64. The molecule has 2 aromatic heterocycles. The molecule has 0 bridgehead atoms. The monoisotopic (exact) mass is 463 g/mol. The maximum absolute atomic E-state index is 13.7. The zero-order valence-corrected chi connectivity index (χ0v) is 17.7. The summed E-state index contributed by atoms with van der Waals surface area (Å²) in [4.78, 5) is 16.3. The van der Waals surface area contributed by atoms with Gasteiger partial charge in [0.15, 0.2) is 27.3 Å². The van der Waals surface area contributed by atoms with Crippen LogP contribution in [0.25, 0.3) is 16.8 Å². The zero-order valence-electron chi connectivity index (χ0n) is 16.8. The van der Waals surface area contributed by atoms with Gasteiger partial charge in [-0.05, 0) is 18.2 Å². The second-order valence-electron chi connectivity index (χ2n) is 6.94. The van der Waals surface area contributed by atoms with Crippen molar-refractivity contribution in [2.45, 2.75) is 11.8 Å². The van der Waals surface area contributed by atoms with Gasteiger partial charge >= 0.3 is 0 Å². The minimum atomic E-state index is -3.61. The van der Waals surface area contributed by atoms with Crippen LogP contribution >= 0.6 is 0 Å². The highest BCUT2D eigenvalue weighted by atomic mass is 32.2. The molecule has 32 heavy (non-hydrogen) atoms. The number of aryl methyl sites for hydroxylation is 1. The molecule has 0 atom stereocenters. The van der Waals surface area contributed by atoms with Crippen molar-refractivity contribution >= 4 is 15.4 Å². The third-order valence-electron chi connectivity index (χ3n) is 4.90. The minimum Gasteiger partial charge on any atom is -0.456 e. The van der Waals surface area contributed by atoms with Gasteiger partial charge in [0.05, 0.1) is 28.9 Å². The Morgan fingerprint density at radius 3 is 2.44 bits per heavy atom. The molecular weight excluding hydrogens is 447 g/mol. The van der Waals surface area contributed by atoms with Crippen LogP contribution in [0.15, 0.2) is 58.7 Å². The number of hydrogen-bond acceptors (Lipinski definition) is 5. The van der Waals surface area contributed by atoms with Gasteiger partial charge in [-0.15, -0.1) is 0 Å².